The molecule has 0 amide bonds. The maximum atomic E-state index is 12.6. The Kier molecular flexibility index (Phi) is 5.11. The Morgan fingerprint density at radius 3 is 2.85 bits per heavy atom. The molecule has 0 aliphatic carbocycles. The van der Waals surface area contributed by atoms with Crippen molar-refractivity contribution in [2.75, 3.05) is 13.7 Å². The molecule has 0 bridgehead atoms. The van der Waals surface area contributed by atoms with Crippen molar-refractivity contribution in [2.24, 2.45) is 0 Å². The van der Waals surface area contributed by atoms with Crippen LogP contribution in [0.3, 0.4) is 0 Å². The molecule has 0 saturated carbocycles. The van der Waals surface area contributed by atoms with Gasteiger partial charge in [0, 0.05) is 18.9 Å². The number of nitrogens with zero attached hydrogens (tertiary/aromatic N) is 6. The van der Waals surface area contributed by atoms with Crippen LogP contribution in [-0.4, -0.2) is 44.2 Å². The van der Waals surface area contributed by atoms with Crippen LogP contribution in [0, 0.1) is 11.3 Å². The Balaban J connectivity index is 1.68. The number of carbonyl (C=O) groups is 1. The van der Waals surface area contributed by atoms with Gasteiger partial charge in [0.1, 0.15) is 12.1 Å². The molecule has 0 radical (unpaired) electrons. The van der Waals surface area contributed by atoms with Crippen LogP contribution >= 0.6 is 0 Å². The fourth-order valence-corrected chi connectivity index (χ4v) is 4.07. The van der Waals surface area contributed by atoms with Crippen LogP contribution < -0.4 is 4.74 Å². The molecule has 1 aliphatic heterocycles. The molecule has 1 aliphatic rings. The van der Waals surface area contributed by atoms with E-state index in [9.17, 15) is 10.1 Å². The summed E-state index contributed by atoms with van der Waals surface area (Å²) in [6.07, 6.45) is 2.50. The van der Waals surface area contributed by atoms with Crippen molar-refractivity contribution in [2.45, 2.75) is 19.8 Å². The third-order valence-corrected chi connectivity index (χ3v) is 5.61. The number of ether oxygens (including phenoxy) is 2. The number of nitriles is 1. The van der Waals surface area contributed by atoms with Crippen molar-refractivity contribution in [3.8, 4) is 23.2 Å². The van der Waals surface area contributed by atoms with Gasteiger partial charge in [0.15, 0.2) is 5.69 Å². The normalized spacial score (nSPS) is 11.5. The molecule has 5 rings (SSSR count). The van der Waals surface area contributed by atoms with Crippen LogP contribution in [0.2, 0.25) is 0 Å². The van der Waals surface area contributed by atoms with Crippen LogP contribution in [0.1, 0.15) is 45.6 Å². The minimum Gasteiger partial charge on any atom is -0.497 e. The van der Waals surface area contributed by atoms with Crippen LogP contribution in [0.15, 0.2) is 48.8 Å². The number of fused-ring (bicyclic) bond motifs is 5. The summed E-state index contributed by atoms with van der Waals surface area (Å²) in [7, 11) is 1.61. The zero-order valence-corrected chi connectivity index (χ0v) is 18.1. The molecular weight excluding hydrogens is 420 g/mol. The van der Waals surface area contributed by atoms with E-state index < -0.39 is 5.97 Å². The van der Waals surface area contributed by atoms with E-state index in [4.69, 9.17) is 9.47 Å². The maximum Gasteiger partial charge on any atom is 0.358 e. The Labute approximate surface area is 189 Å². The van der Waals surface area contributed by atoms with Crippen molar-refractivity contribution >= 4 is 5.97 Å². The molecule has 3 heterocycles. The van der Waals surface area contributed by atoms with E-state index in [1.807, 2.05) is 41.0 Å². The Hall–Kier alpha value is -4.45. The molecule has 0 N–H and O–H groups in total. The first-order valence-corrected chi connectivity index (χ1v) is 10.5. The Morgan fingerprint density at radius 1 is 1.18 bits per heavy atom. The molecule has 9 heteroatoms. The molecule has 0 fully saturated rings. The minimum atomic E-state index is -0.467. The summed E-state index contributed by atoms with van der Waals surface area (Å²) in [5.41, 5.74) is 5.66. The van der Waals surface area contributed by atoms with Crippen LogP contribution in [0.25, 0.3) is 11.4 Å². The summed E-state index contributed by atoms with van der Waals surface area (Å²) >= 11 is 0. The van der Waals surface area contributed by atoms with Gasteiger partial charge in [0.05, 0.1) is 53.8 Å². The number of methoxy groups -OCH3 is 1. The SMILES string of the molecule is CCOC(=O)c1ncn2c1Cc1c(Cc3cccc(C#N)c3)nnn1-c1cc(OC)ccc1-2. The number of rotatable bonds is 5. The molecule has 2 aromatic carbocycles. The largest absolute Gasteiger partial charge is 0.497 e. The quantitative estimate of drug-likeness (QED) is 0.387. The van der Waals surface area contributed by atoms with E-state index >= 15 is 0 Å². The van der Waals surface area contributed by atoms with E-state index in [1.165, 1.54) is 0 Å². The van der Waals surface area contributed by atoms with Crippen LogP contribution in [0.5, 0.6) is 5.75 Å². The van der Waals surface area contributed by atoms with Crippen molar-refractivity contribution in [3.63, 3.8) is 0 Å². The Bertz CT molecular complexity index is 1410. The van der Waals surface area contributed by atoms with Crippen molar-refractivity contribution in [3.05, 3.63) is 82.7 Å². The number of benzene rings is 2. The molecule has 9 nitrogen and oxygen atoms in total. The summed E-state index contributed by atoms with van der Waals surface area (Å²) in [6, 6.07) is 15.2. The van der Waals surface area contributed by atoms with Gasteiger partial charge >= 0.3 is 5.97 Å². The standard InChI is InChI=1S/C24H20N6O3/c1-3-33-24(31)23-22-12-20-18(10-15-5-4-6-16(9-15)13-25)27-28-30(20)21-11-17(32-2)7-8-19(21)29(22)14-26-23/h4-9,11,14H,3,10,12H2,1-2H3. The zero-order chi connectivity index (χ0) is 22.9. The summed E-state index contributed by atoms with van der Waals surface area (Å²) in [5.74, 6) is 0.207. The molecule has 4 aromatic rings. The second-order valence-corrected chi connectivity index (χ2v) is 7.55. The van der Waals surface area contributed by atoms with Gasteiger partial charge in [0.25, 0.3) is 0 Å². The molecule has 0 unspecified atom stereocenters. The van der Waals surface area contributed by atoms with Gasteiger partial charge in [0.2, 0.25) is 0 Å². The first-order valence-electron chi connectivity index (χ1n) is 10.5. The maximum absolute atomic E-state index is 12.6. The van der Waals surface area contributed by atoms with Gasteiger partial charge in [-0.25, -0.2) is 14.5 Å². The van der Waals surface area contributed by atoms with E-state index in [2.05, 4.69) is 21.4 Å². The summed E-state index contributed by atoms with van der Waals surface area (Å²) < 4.78 is 14.3. The fourth-order valence-electron chi connectivity index (χ4n) is 4.07. The minimum absolute atomic E-state index is 0.263. The smallest absolute Gasteiger partial charge is 0.358 e. The number of esters is 1. The first kappa shape index (κ1) is 20.5. The van der Waals surface area contributed by atoms with E-state index in [1.54, 1.807) is 31.1 Å². The molecule has 164 valence electrons. The summed E-state index contributed by atoms with van der Waals surface area (Å²) in [4.78, 5) is 17.0. The third kappa shape index (κ3) is 3.51. The van der Waals surface area contributed by atoms with Gasteiger partial charge < -0.3 is 9.47 Å². The van der Waals surface area contributed by atoms with Crippen molar-refractivity contribution in [1.29, 1.82) is 5.26 Å². The predicted molar refractivity (Wildman–Crippen MR) is 118 cm³/mol. The summed E-state index contributed by atoms with van der Waals surface area (Å²) in [6.45, 7) is 2.03. The lowest BCUT2D eigenvalue weighted by atomic mass is 10.0. The second kappa shape index (κ2) is 8.24. The first-order chi connectivity index (χ1) is 16.1. The number of imidazole rings is 1. The zero-order valence-electron chi connectivity index (χ0n) is 18.1. The summed E-state index contributed by atoms with van der Waals surface area (Å²) in [5, 5.41) is 18.1. The van der Waals surface area contributed by atoms with Gasteiger partial charge in [-0.15, -0.1) is 5.10 Å². The number of aromatic nitrogens is 5. The molecule has 0 spiro atoms. The Morgan fingerprint density at radius 2 is 2.06 bits per heavy atom. The number of hydrogen-bond donors (Lipinski definition) is 0. The molecule has 0 atom stereocenters. The molecular formula is C24H20N6O3. The highest BCUT2D eigenvalue weighted by Crippen LogP contribution is 2.33. The van der Waals surface area contributed by atoms with Crippen LogP contribution in [-0.2, 0) is 17.6 Å². The number of hydrogen-bond acceptors (Lipinski definition) is 7. The lowest BCUT2D eigenvalue weighted by molar-refractivity contribution is 0.0519. The van der Waals surface area contributed by atoms with Crippen molar-refractivity contribution < 1.29 is 14.3 Å². The molecule has 33 heavy (non-hydrogen) atoms. The average Bonchev–Trinajstić information content (AvgIpc) is 3.40. The monoisotopic (exact) mass is 440 g/mol. The average molecular weight is 440 g/mol. The topological polar surface area (TPSA) is 108 Å². The van der Waals surface area contributed by atoms with Gasteiger partial charge in [-0.05, 0) is 36.8 Å². The fraction of sp³-hybridized carbons (Fsp3) is 0.208. The highest BCUT2D eigenvalue weighted by molar-refractivity contribution is 5.89. The van der Waals surface area contributed by atoms with Gasteiger partial charge in [-0.3, -0.25) is 4.57 Å². The van der Waals surface area contributed by atoms with Gasteiger partial charge in [-0.1, -0.05) is 17.3 Å². The van der Waals surface area contributed by atoms with E-state index in [0.29, 0.717) is 29.8 Å². The van der Waals surface area contributed by atoms with Crippen molar-refractivity contribution in [1.82, 2.24) is 24.5 Å². The lowest BCUT2D eigenvalue weighted by Crippen LogP contribution is -2.11. The predicted octanol–water partition coefficient (Wildman–Crippen LogP) is 3.00. The lowest BCUT2D eigenvalue weighted by Gasteiger charge is -2.11. The third-order valence-electron chi connectivity index (χ3n) is 5.61. The molecule has 2 aromatic heterocycles. The van der Waals surface area contributed by atoms with Crippen LogP contribution in [0.4, 0.5) is 0 Å². The number of carbonyl (C=O) groups excluding carboxylic acids is 1. The second-order valence-electron chi connectivity index (χ2n) is 7.55. The van der Waals surface area contributed by atoms with Gasteiger partial charge in [-0.2, -0.15) is 5.26 Å². The highest BCUT2D eigenvalue weighted by atomic mass is 16.5. The van der Waals surface area contributed by atoms with E-state index in [0.717, 1.165) is 28.3 Å². The molecule has 0 saturated heterocycles. The van der Waals surface area contributed by atoms with E-state index in [-0.39, 0.29) is 12.3 Å². The highest BCUT2D eigenvalue weighted by Gasteiger charge is 2.29.